The van der Waals surface area contributed by atoms with Crippen LogP contribution in [-0.4, -0.2) is 6.54 Å². The molecule has 3 atom stereocenters. The van der Waals surface area contributed by atoms with Crippen molar-refractivity contribution in [3.63, 3.8) is 0 Å². The zero-order valence-electron chi connectivity index (χ0n) is 13.8. The second-order valence-electron chi connectivity index (χ2n) is 7.04. The summed E-state index contributed by atoms with van der Waals surface area (Å²) in [6.45, 7) is 5.74. The van der Waals surface area contributed by atoms with Gasteiger partial charge < -0.3 is 5.32 Å². The molecule has 0 amide bonds. The summed E-state index contributed by atoms with van der Waals surface area (Å²) in [4.78, 5) is 3.34. The van der Waals surface area contributed by atoms with Gasteiger partial charge in [-0.3, -0.25) is 0 Å². The maximum atomic E-state index is 3.83. The first-order valence-electron chi connectivity index (χ1n) is 9.16. The Morgan fingerprint density at radius 3 is 2.81 bits per heavy atom. The highest BCUT2D eigenvalue weighted by atomic mass is 32.1. The van der Waals surface area contributed by atoms with Crippen LogP contribution in [-0.2, 0) is 12.8 Å². The van der Waals surface area contributed by atoms with E-state index in [0.29, 0.717) is 6.04 Å². The van der Waals surface area contributed by atoms with E-state index in [2.05, 4.69) is 36.6 Å². The lowest BCUT2D eigenvalue weighted by molar-refractivity contribution is 0.212. The van der Waals surface area contributed by atoms with Crippen LogP contribution in [0.3, 0.4) is 0 Å². The molecule has 0 bridgehead atoms. The molecule has 21 heavy (non-hydrogen) atoms. The standard InChI is InChI=1S/C19H31NS/c1-3-14-8-7-10-16(12-14)19(20-4-2)18-13-15-9-5-6-11-17(15)21-18/h13-14,16,19-20H,3-12H2,1-2H3. The van der Waals surface area contributed by atoms with Gasteiger partial charge in [-0.15, -0.1) is 11.3 Å². The Morgan fingerprint density at radius 1 is 1.19 bits per heavy atom. The predicted molar refractivity (Wildman–Crippen MR) is 93.1 cm³/mol. The van der Waals surface area contributed by atoms with Crippen molar-refractivity contribution in [3.05, 3.63) is 21.4 Å². The average molecular weight is 306 g/mol. The normalized spacial score (nSPS) is 27.3. The van der Waals surface area contributed by atoms with Gasteiger partial charge in [-0.25, -0.2) is 0 Å². The average Bonchev–Trinajstić information content (AvgIpc) is 2.96. The molecule has 1 heterocycles. The van der Waals surface area contributed by atoms with Crippen molar-refractivity contribution in [1.29, 1.82) is 0 Å². The van der Waals surface area contributed by atoms with Crippen molar-refractivity contribution in [2.24, 2.45) is 11.8 Å². The Kier molecular flexibility index (Phi) is 5.39. The number of hydrogen-bond acceptors (Lipinski definition) is 2. The number of aryl methyl sites for hydroxylation is 2. The van der Waals surface area contributed by atoms with Gasteiger partial charge in [0.25, 0.3) is 0 Å². The van der Waals surface area contributed by atoms with Crippen molar-refractivity contribution < 1.29 is 0 Å². The van der Waals surface area contributed by atoms with Crippen LogP contribution < -0.4 is 5.32 Å². The Hall–Kier alpha value is -0.340. The van der Waals surface area contributed by atoms with E-state index < -0.39 is 0 Å². The molecule has 1 aromatic rings. The van der Waals surface area contributed by atoms with Gasteiger partial charge in [0.15, 0.2) is 0 Å². The molecule has 3 unspecified atom stereocenters. The van der Waals surface area contributed by atoms with Gasteiger partial charge in [-0.1, -0.05) is 33.1 Å². The van der Waals surface area contributed by atoms with E-state index >= 15 is 0 Å². The zero-order valence-corrected chi connectivity index (χ0v) is 14.6. The fraction of sp³-hybridized carbons (Fsp3) is 0.789. The van der Waals surface area contributed by atoms with Crippen molar-refractivity contribution in [1.82, 2.24) is 5.32 Å². The summed E-state index contributed by atoms with van der Waals surface area (Å²) in [6.07, 6.45) is 12.6. The highest BCUT2D eigenvalue weighted by Gasteiger charge is 2.30. The van der Waals surface area contributed by atoms with E-state index in [-0.39, 0.29) is 0 Å². The van der Waals surface area contributed by atoms with Crippen LogP contribution in [0.5, 0.6) is 0 Å². The molecule has 1 fully saturated rings. The molecule has 2 heteroatoms. The fourth-order valence-corrected chi connectivity index (χ4v) is 5.82. The number of fused-ring (bicyclic) bond motifs is 1. The first-order chi connectivity index (χ1) is 10.3. The van der Waals surface area contributed by atoms with E-state index in [1.165, 1.54) is 57.8 Å². The van der Waals surface area contributed by atoms with E-state index in [1.807, 2.05) is 0 Å². The van der Waals surface area contributed by atoms with Gasteiger partial charge in [0, 0.05) is 15.8 Å². The van der Waals surface area contributed by atoms with Crippen molar-refractivity contribution >= 4 is 11.3 Å². The van der Waals surface area contributed by atoms with Gasteiger partial charge >= 0.3 is 0 Å². The summed E-state index contributed by atoms with van der Waals surface area (Å²) in [7, 11) is 0. The maximum Gasteiger partial charge on any atom is 0.0443 e. The number of hydrogen-bond donors (Lipinski definition) is 1. The summed E-state index contributed by atoms with van der Waals surface area (Å²) in [5.41, 5.74) is 1.67. The number of nitrogens with one attached hydrogen (secondary N) is 1. The molecular formula is C19H31NS. The monoisotopic (exact) mass is 305 g/mol. The van der Waals surface area contributed by atoms with Crippen LogP contribution >= 0.6 is 11.3 Å². The summed E-state index contributed by atoms with van der Waals surface area (Å²) < 4.78 is 0. The predicted octanol–water partition coefficient (Wildman–Crippen LogP) is 5.49. The Morgan fingerprint density at radius 2 is 2.05 bits per heavy atom. The Bertz CT molecular complexity index is 427. The minimum absolute atomic E-state index is 0.625. The second kappa shape index (κ2) is 7.28. The van der Waals surface area contributed by atoms with Crippen molar-refractivity contribution in [3.8, 4) is 0 Å². The summed E-state index contributed by atoms with van der Waals surface area (Å²) in [5.74, 6) is 1.84. The third-order valence-corrected chi connectivity index (χ3v) is 6.94. The third kappa shape index (κ3) is 3.53. The minimum atomic E-state index is 0.625. The van der Waals surface area contributed by atoms with E-state index in [1.54, 1.807) is 15.3 Å². The van der Waals surface area contributed by atoms with Crippen LogP contribution in [0.4, 0.5) is 0 Å². The SMILES string of the molecule is CCNC(c1cc2c(s1)CCCC2)C1CCCC(CC)C1. The molecule has 0 saturated heterocycles. The number of thiophene rings is 1. The van der Waals surface area contributed by atoms with Crippen LogP contribution in [0.25, 0.3) is 0 Å². The quantitative estimate of drug-likeness (QED) is 0.758. The summed E-state index contributed by atoms with van der Waals surface area (Å²) in [5, 5.41) is 3.83. The Labute approximate surface area is 134 Å². The summed E-state index contributed by atoms with van der Waals surface area (Å²) in [6, 6.07) is 3.18. The van der Waals surface area contributed by atoms with Crippen LogP contribution in [0.15, 0.2) is 6.07 Å². The summed E-state index contributed by atoms with van der Waals surface area (Å²) >= 11 is 2.12. The van der Waals surface area contributed by atoms with E-state index in [0.717, 1.165) is 18.4 Å². The molecule has 0 aromatic carbocycles. The molecular weight excluding hydrogens is 274 g/mol. The van der Waals surface area contributed by atoms with E-state index in [9.17, 15) is 0 Å². The van der Waals surface area contributed by atoms with Crippen LogP contribution in [0, 0.1) is 11.8 Å². The van der Waals surface area contributed by atoms with Gasteiger partial charge in [-0.05, 0) is 68.5 Å². The highest BCUT2D eigenvalue weighted by molar-refractivity contribution is 7.12. The van der Waals surface area contributed by atoms with E-state index in [4.69, 9.17) is 0 Å². The molecule has 0 spiro atoms. The molecule has 2 aliphatic carbocycles. The molecule has 0 aliphatic heterocycles. The third-order valence-electron chi connectivity index (χ3n) is 5.62. The van der Waals surface area contributed by atoms with Crippen molar-refractivity contribution in [2.75, 3.05) is 6.54 Å². The lowest BCUT2D eigenvalue weighted by atomic mass is 9.76. The van der Waals surface area contributed by atoms with Crippen LogP contribution in [0.2, 0.25) is 0 Å². The molecule has 118 valence electrons. The highest BCUT2D eigenvalue weighted by Crippen LogP contribution is 2.42. The van der Waals surface area contributed by atoms with Crippen LogP contribution in [0.1, 0.15) is 80.2 Å². The lowest BCUT2D eigenvalue weighted by Crippen LogP contribution is -2.31. The smallest absolute Gasteiger partial charge is 0.0443 e. The first-order valence-corrected chi connectivity index (χ1v) is 9.98. The molecule has 2 aliphatic rings. The molecule has 0 radical (unpaired) electrons. The largest absolute Gasteiger partial charge is 0.309 e. The van der Waals surface area contributed by atoms with Gasteiger partial charge in [0.05, 0.1) is 0 Å². The molecule has 3 rings (SSSR count). The number of rotatable bonds is 5. The fourth-order valence-electron chi connectivity index (χ4n) is 4.39. The second-order valence-corrected chi connectivity index (χ2v) is 8.21. The molecule has 1 aromatic heterocycles. The Balaban J connectivity index is 1.78. The minimum Gasteiger partial charge on any atom is -0.309 e. The first kappa shape index (κ1) is 15.6. The maximum absolute atomic E-state index is 3.83. The van der Waals surface area contributed by atoms with Gasteiger partial charge in [0.1, 0.15) is 0 Å². The van der Waals surface area contributed by atoms with Gasteiger partial charge in [0.2, 0.25) is 0 Å². The van der Waals surface area contributed by atoms with Crippen molar-refractivity contribution in [2.45, 2.75) is 77.7 Å². The molecule has 1 N–H and O–H groups in total. The topological polar surface area (TPSA) is 12.0 Å². The van der Waals surface area contributed by atoms with Gasteiger partial charge in [-0.2, -0.15) is 0 Å². The molecule has 1 nitrogen and oxygen atoms in total. The zero-order chi connectivity index (χ0) is 14.7. The lowest BCUT2D eigenvalue weighted by Gasteiger charge is -2.34. The molecule has 1 saturated carbocycles.